The van der Waals surface area contributed by atoms with Crippen LogP contribution in [0.25, 0.3) is 0 Å². The van der Waals surface area contributed by atoms with Gasteiger partial charge < -0.3 is 15.3 Å². The number of carbonyl (C=O) groups is 2. The van der Waals surface area contributed by atoms with Crippen LogP contribution in [0.1, 0.15) is 35.7 Å². The van der Waals surface area contributed by atoms with Crippen LogP contribution >= 0.6 is 0 Å². The van der Waals surface area contributed by atoms with Gasteiger partial charge in [0.1, 0.15) is 0 Å². The molecule has 0 radical (unpaired) electrons. The molecule has 0 spiro atoms. The second kappa shape index (κ2) is 5.48. The number of hydrogen-bond acceptors (Lipinski definition) is 3. The maximum atomic E-state index is 12.5. The summed E-state index contributed by atoms with van der Waals surface area (Å²) in [5.74, 6) is 0.213. The molecule has 2 amide bonds. The van der Waals surface area contributed by atoms with Gasteiger partial charge in [-0.1, -0.05) is 0 Å². The van der Waals surface area contributed by atoms with Crippen molar-refractivity contribution in [2.75, 3.05) is 18.4 Å². The molecule has 1 aromatic carbocycles. The van der Waals surface area contributed by atoms with Crippen LogP contribution in [0.5, 0.6) is 0 Å². The van der Waals surface area contributed by atoms with Crippen LogP contribution in [0.2, 0.25) is 0 Å². The molecular formula is C16H20N2O3. The molecule has 2 atom stereocenters. The van der Waals surface area contributed by atoms with Crippen LogP contribution in [0.15, 0.2) is 18.2 Å². The molecule has 0 saturated carbocycles. The summed E-state index contributed by atoms with van der Waals surface area (Å²) in [4.78, 5) is 25.7. The van der Waals surface area contributed by atoms with Crippen molar-refractivity contribution in [3.8, 4) is 0 Å². The van der Waals surface area contributed by atoms with Gasteiger partial charge >= 0.3 is 0 Å². The molecule has 2 aliphatic heterocycles. The SMILES string of the molecule is CC(O)C1CCN(C(=O)c2ccc3c(c2)CCC(=O)N3)C1. The number of anilines is 1. The summed E-state index contributed by atoms with van der Waals surface area (Å²) in [5.41, 5.74) is 2.49. The number of benzene rings is 1. The van der Waals surface area contributed by atoms with Crippen molar-refractivity contribution in [3.05, 3.63) is 29.3 Å². The van der Waals surface area contributed by atoms with Crippen LogP contribution in [0.4, 0.5) is 5.69 Å². The van der Waals surface area contributed by atoms with Crippen molar-refractivity contribution >= 4 is 17.5 Å². The zero-order valence-electron chi connectivity index (χ0n) is 12.1. The van der Waals surface area contributed by atoms with E-state index in [1.54, 1.807) is 17.9 Å². The van der Waals surface area contributed by atoms with Crippen LogP contribution < -0.4 is 5.32 Å². The highest BCUT2D eigenvalue weighted by Gasteiger charge is 2.30. The van der Waals surface area contributed by atoms with Gasteiger partial charge in [-0.2, -0.15) is 0 Å². The molecule has 1 saturated heterocycles. The van der Waals surface area contributed by atoms with E-state index in [4.69, 9.17) is 0 Å². The summed E-state index contributed by atoms with van der Waals surface area (Å²) in [6.45, 7) is 3.09. The molecule has 3 rings (SSSR count). The summed E-state index contributed by atoms with van der Waals surface area (Å²) >= 11 is 0. The van der Waals surface area contributed by atoms with E-state index in [9.17, 15) is 14.7 Å². The first-order chi connectivity index (χ1) is 10.0. The van der Waals surface area contributed by atoms with Crippen molar-refractivity contribution in [3.63, 3.8) is 0 Å². The van der Waals surface area contributed by atoms with Gasteiger partial charge in [-0.3, -0.25) is 9.59 Å². The van der Waals surface area contributed by atoms with E-state index in [0.29, 0.717) is 31.5 Å². The molecule has 0 aromatic heterocycles. The maximum absolute atomic E-state index is 12.5. The van der Waals surface area contributed by atoms with Crippen molar-refractivity contribution in [1.29, 1.82) is 0 Å². The third kappa shape index (κ3) is 2.78. The van der Waals surface area contributed by atoms with Gasteiger partial charge in [0.05, 0.1) is 6.10 Å². The number of hydrogen-bond donors (Lipinski definition) is 2. The Morgan fingerprint density at radius 3 is 2.95 bits per heavy atom. The molecule has 0 aliphatic carbocycles. The zero-order chi connectivity index (χ0) is 15.0. The van der Waals surface area contributed by atoms with E-state index in [1.807, 2.05) is 12.1 Å². The number of fused-ring (bicyclic) bond motifs is 1. The van der Waals surface area contributed by atoms with Crippen molar-refractivity contribution in [2.45, 2.75) is 32.3 Å². The topological polar surface area (TPSA) is 69.6 Å². The van der Waals surface area contributed by atoms with Crippen molar-refractivity contribution in [1.82, 2.24) is 4.90 Å². The third-order valence-corrected chi connectivity index (χ3v) is 4.44. The lowest BCUT2D eigenvalue weighted by atomic mass is 10.00. The summed E-state index contributed by atoms with van der Waals surface area (Å²) in [7, 11) is 0. The molecule has 0 bridgehead atoms. The van der Waals surface area contributed by atoms with Crippen LogP contribution in [-0.2, 0) is 11.2 Å². The highest BCUT2D eigenvalue weighted by atomic mass is 16.3. The summed E-state index contributed by atoms with van der Waals surface area (Å²) in [5, 5.41) is 12.4. The predicted octanol–water partition coefficient (Wildman–Crippen LogP) is 1.41. The van der Waals surface area contributed by atoms with Crippen LogP contribution in [-0.4, -0.2) is 41.0 Å². The Morgan fingerprint density at radius 1 is 1.43 bits per heavy atom. The third-order valence-electron chi connectivity index (χ3n) is 4.44. The van der Waals surface area contributed by atoms with Gasteiger partial charge in [-0.15, -0.1) is 0 Å². The van der Waals surface area contributed by atoms with E-state index in [2.05, 4.69) is 5.32 Å². The number of amides is 2. The largest absolute Gasteiger partial charge is 0.393 e. The van der Waals surface area contributed by atoms with E-state index in [0.717, 1.165) is 17.7 Å². The van der Waals surface area contributed by atoms with Gasteiger partial charge in [0, 0.05) is 36.7 Å². The number of nitrogens with one attached hydrogen (secondary N) is 1. The Morgan fingerprint density at radius 2 is 2.24 bits per heavy atom. The number of rotatable bonds is 2. The molecule has 2 aliphatic rings. The van der Waals surface area contributed by atoms with Gasteiger partial charge in [-0.05, 0) is 43.5 Å². The molecule has 1 aromatic rings. The maximum Gasteiger partial charge on any atom is 0.253 e. The van der Waals surface area contributed by atoms with E-state index in [-0.39, 0.29) is 23.8 Å². The van der Waals surface area contributed by atoms with Gasteiger partial charge in [0.15, 0.2) is 0 Å². The number of nitrogens with zero attached hydrogens (tertiary/aromatic N) is 1. The lowest BCUT2D eigenvalue weighted by Crippen LogP contribution is -2.30. The molecule has 2 heterocycles. The monoisotopic (exact) mass is 288 g/mol. The molecule has 5 nitrogen and oxygen atoms in total. The lowest BCUT2D eigenvalue weighted by Gasteiger charge is -2.20. The minimum absolute atomic E-state index is 0.0119. The summed E-state index contributed by atoms with van der Waals surface area (Å²) in [6, 6.07) is 5.46. The first kappa shape index (κ1) is 14.1. The normalized spacial score (nSPS) is 22.7. The van der Waals surface area contributed by atoms with Gasteiger partial charge in [0.2, 0.25) is 5.91 Å². The fourth-order valence-corrected chi connectivity index (χ4v) is 3.06. The van der Waals surface area contributed by atoms with E-state index < -0.39 is 0 Å². The molecule has 112 valence electrons. The molecule has 2 N–H and O–H groups in total. The number of aliphatic hydroxyl groups is 1. The second-order valence-corrected chi connectivity index (χ2v) is 5.96. The van der Waals surface area contributed by atoms with E-state index in [1.165, 1.54) is 0 Å². The molecule has 1 fully saturated rings. The first-order valence-corrected chi connectivity index (χ1v) is 7.44. The Balaban J connectivity index is 1.75. The molecular weight excluding hydrogens is 268 g/mol. The Labute approximate surface area is 123 Å². The Kier molecular flexibility index (Phi) is 3.68. The van der Waals surface area contributed by atoms with E-state index >= 15 is 0 Å². The quantitative estimate of drug-likeness (QED) is 0.864. The number of aliphatic hydroxyl groups excluding tert-OH is 1. The lowest BCUT2D eigenvalue weighted by molar-refractivity contribution is -0.116. The summed E-state index contributed by atoms with van der Waals surface area (Å²) in [6.07, 6.45) is 1.63. The van der Waals surface area contributed by atoms with Crippen molar-refractivity contribution < 1.29 is 14.7 Å². The predicted molar refractivity (Wildman–Crippen MR) is 79.1 cm³/mol. The fourth-order valence-electron chi connectivity index (χ4n) is 3.06. The van der Waals surface area contributed by atoms with Gasteiger partial charge in [0.25, 0.3) is 5.91 Å². The standard InChI is InChI=1S/C16H20N2O3/c1-10(19)13-6-7-18(9-13)16(21)12-2-4-14-11(8-12)3-5-15(20)17-14/h2,4,8,10,13,19H,3,5-7,9H2,1H3,(H,17,20). The molecule has 5 heteroatoms. The smallest absolute Gasteiger partial charge is 0.253 e. The first-order valence-electron chi connectivity index (χ1n) is 7.44. The second-order valence-electron chi connectivity index (χ2n) is 5.96. The minimum atomic E-state index is -0.374. The Bertz CT molecular complexity index is 583. The average Bonchev–Trinajstić information content (AvgIpc) is 2.96. The number of carbonyl (C=O) groups excluding carboxylic acids is 2. The molecule has 2 unspecified atom stereocenters. The number of aryl methyl sites for hydroxylation is 1. The fraction of sp³-hybridized carbons (Fsp3) is 0.500. The summed E-state index contributed by atoms with van der Waals surface area (Å²) < 4.78 is 0. The molecule has 21 heavy (non-hydrogen) atoms. The van der Waals surface area contributed by atoms with Crippen molar-refractivity contribution in [2.24, 2.45) is 5.92 Å². The zero-order valence-corrected chi connectivity index (χ0v) is 12.1. The Hall–Kier alpha value is -1.88. The highest BCUT2D eigenvalue weighted by Crippen LogP contribution is 2.26. The average molecular weight is 288 g/mol. The van der Waals surface area contributed by atoms with Crippen LogP contribution in [0.3, 0.4) is 0 Å². The number of likely N-dealkylation sites (tertiary alicyclic amines) is 1. The van der Waals surface area contributed by atoms with Crippen LogP contribution in [0, 0.1) is 5.92 Å². The van der Waals surface area contributed by atoms with Gasteiger partial charge in [-0.25, -0.2) is 0 Å². The highest BCUT2D eigenvalue weighted by molar-refractivity contribution is 5.98. The minimum Gasteiger partial charge on any atom is -0.393 e.